The van der Waals surface area contributed by atoms with Crippen molar-refractivity contribution in [2.75, 3.05) is 13.1 Å². The SMILES string of the molecule is CCCCCCCC(CNCC)c1ccccc1C. The first-order chi connectivity index (χ1) is 9.29. The number of rotatable bonds is 10. The molecule has 0 radical (unpaired) electrons. The molecule has 0 bridgehead atoms. The summed E-state index contributed by atoms with van der Waals surface area (Å²) in [5, 5.41) is 3.53. The Kier molecular flexibility index (Phi) is 8.57. The monoisotopic (exact) mass is 261 g/mol. The molecule has 1 atom stereocenters. The Morgan fingerprint density at radius 3 is 2.42 bits per heavy atom. The zero-order valence-corrected chi connectivity index (χ0v) is 13.0. The molecule has 1 aromatic rings. The van der Waals surface area contributed by atoms with Crippen LogP contribution >= 0.6 is 0 Å². The molecule has 1 heteroatoms. The molecule has 0 fully saturated rings. The number of aryl methyl sites for hydroxylation is 1. The third kappa shape index (κ3) is 6.24. The lowest BCUT2D eigenvalue weighted by molar-refractivity contribution is 0.514. The minimum atomic E-state index is 0.683. The van der Waals surface area contributed by atoms with Gasteiger partial charge in [0.25, 0.3) is 0 Å². The molecule has 0 heterocycles. The number of hydrogen-bond acceptors (Lipinski definition) is 1. The van der Waals surface area contributed by atoms with Crippen LogP contribution in [0.3, 0.4) is 0 Å². The molecule has 108 valence electrons. The molecule has 0 aromatic heterocycles. The van der Waals surface area contributed by atoms with Crippen LogP contribution in [-0.4, -0.2) is 13.1 Å². The number of nitrogens with one attached hydrogen (secondary N) is 1. The van der Waals surface area contributed by atoms with Crippen molar-refractivity contribution < 1.29 is 0 Å². The van der Waals surface area contributed by atoms with Gasteiger partial charge in [-0.1, -0.05) is 70.2 Å². The fraction of sp³-hybridized carbons (Fsp3) is 0.667. The highest BCUT2D eigenvalue weighted by atomic mass is 14.8. The maximum Gasteiger partial charge on any atom is 0.00201 e. The van der Waals surface area contributed by atoms with E-state index < -0.39 is 0 Å². The number of benzene rings is 1. The van der Waals surface area contributed by atoms with Gasteiger partial charge in [0.2, 0.25) is 0 Å². The first-order valence-corrected chi connectivity index (χ1v) is 8.05. The largest absolute Gasteiger partial charge is 0.316 e. The molecule has 0 aliphatic rings. The predicted molar refractivity (Wildman–Crippen MR) is 85.8 cm³/mol. The fourth-order valence-corrected chi connectivity index (χ4v) is 2.73. The third-order valence-electron chi connectivity index (χ3n) is 3.93. The predicted octanol–water partition coefficient (Wildman–Crippen LogP) is 5.05. The van der Waals surface area contributed by atoms with Gasteiger partial charge in [0.1, 0.15) is 0 Å². The molecule has 0 saturated carbocycles. The maximum atomic E-state index is 3.53. The van der Waals surface area contributed by atoms with E-state index in [-0.39, 0.29) is 0 Å². The maximum absolute atomic E-state index is 3.53. The van der Waals surface area contributed by atoms with Gasteiger partial charge in [0, 0.05) is 6.54 Å². The molecular formula is C18H31N. The van der Waals surface area contributed by atoms with Gasteiger partial charge in [-0.15, -0.1) is 0 Å². The lowest BCUT2D eigenvalue weighted by Crippen LogP contribution is -2.21. The van der Waals surface area contributed by atoms with Gasteiger partial charge in [-0.25, -0.2) is 0 Å². The third-order valence-corrected chi connectivity index (χ3v) is 3.93. The average Bonchev–Trinajstić information content (AvgIpc) is 2.43. The van der Waals surface area contributed by atoms with Gasteiger partial charge in [-0.05, 0) is 36.9 Å². The minimum Gasteiger partial charge on any atom is -0.316 e. The lowest BCUT2D eigenvalue weighted by atomic mass is 9.90. The summed E-state index contributed by atoms with van der Waals surface area (Å²) in [6, 6.07) is 8.87. The summed E-state index contributed by atoms with van der Waals surface area (Å²) in [6.07, 6.45) is 8.20. The van der Waals surface area contributed by atoms with Crippen LogP contribution in [0.1, 0.15) is 69.4 Å². The smallest absolute Gasteiger partial charge is 0.00201 e. The van der Waals surface area contributed by atoms with Crippen molar-refractivity contribution in [1.82, 2.24) is 5.32 Å². The highest BCUT2D eigenvalue weighted by Gasteiger charge is 2.12. The van der Waals surface area contributed by atoms with Gasteiger partial charge < -0.3 is 5.32 Å². The molecular weight excluding hydrogens is 230 g/mol. The average molecular weight is 261 g/mol. The van der Waals surface area contributed by atoms with Crippen LogP contribution < -0.4 is 5.32 Å². The van der Waals surface area contributed by atoms with Crippen molar-refractivity contribution in [2.45, 2.75) is 65.2 Å². The molecule has 0 amide bonds. The molecule has 1 unspecified atom stereocenters. The van der Waals surface area contributed by atoms with Crippen LogP contribution in [0.15, 0.2) is 24.3 Å². The molecule has 1 aromatic carbocycles. The first-order valence-electron chi connectivity index (χ1n) is 8.05. The summed E-state index contributed by atoms with van der Waals surface area (Å²) in [4.78, 5) is 0. The van der Waals surface area contributed by atoms with E-state index in [0.717, 1.165) is 13.1 Å². The second-order valence-corrected chi connectivity index (χ2v) is 5.56. The first kappa shape index (κ1) is 16.2. The number of likely N-dealkylation sites (N-methyl/N-ethyl adjacent to an activating group) is 1. The topological polar surface area (TPSA) is 12.0 Å². The van der Waals surface area contributed by atoms with Crippen molar-refractivity contribution in [3.05, 3.63) is 35.4 Å². The number of hydrogen-bond donors (Lipinski definition) is 1. The van der Waals surface area contributed by atoms with Crippen molar-refractivity contribution in [2.24, 2.45) is 0 Å². The van der Waals surface area contributed by atoms with Gasteiger partial charge in [-0.2, -0.15) is 0 Å². The van der Waals surface area contributed by atoms with E-state index in [1.54, 1.807) is 5.56 Å². The highest BCUT2D eigenvalue weighted by molar-refractivity contribution is 5.29. The Balaban J connectivity index is 2.49. The van der Waals surface area contributed by atoms with E-state index >= 15 is 0 Å². The van der Waals surface area contributed by atoms with E-state index in [4.69, 9.17) is 0 Å². The summed E-state index contributed by atoms with van der Waals surface area (Å²) in [7, 11) is 0. The second kappa shape index (κ2) is 10.0. The van der Waals surface area contributed by atoms with Crippen LogP contribution in [0.25, 0.3) is 0 Å². The summed E-state index contributed by atoms with van der Waals surface area (Å²) >= 11 is 0. The van der Waals surface area contributed by atoms with Crippen LogP contribution in [-0.2, 0) is 0 Å². The van der Waals surface area contributed by atoms with E-state index in [9.17, 15) is 0 Å². The van der Waals surface area contributed by atoms with Crippen molar-refractivity contribution in [1.29, 1.82) is 0 Å². The molecule has 0 aliphatic carbocycles. The molecule has 1 nitrogen and oxygen atoms in total. The summed E-state index contributed by atoms with van der Waals surface area (Å²) < 4.78 is 0. The van der Waals surface area contributed by atoms with Gasteiger partial charge >= 0.3 is 0 Å². The summed E-state index contributed by atoms with van der Waals surface area (Å²) in [5.74, 6) is 0.683. The van der Waals surface area contributed by atoms with Crippen LogP contribution in [0, 0.1) is 6.92 Å². The van der Waals surface area contributed by atoms with E-state index in [0.29, 0.717) is 5.92 Å². The fourth-order valence-electron chi connectivity index (χ4n) is 2.73. The quantitative estimate of drug-likeness (QED) is 0.581. The Labute approximate surface area is 119 Å². The highest BCUT2D eigenvalue weighted by Crippen LogP contribution is 2.25. The number of unbranched alkanes of at least 4 members (excludes halogenated alkanes) is 4. The van der Waals surface area contributed by atoms with Gasteiger partial charge in [-0.3, -0.25) is 0 Å². The van der Waals surface area contributed by atoms with Crippen LogP contribution in [0.4, 0.5) is 0 Å². The molecule has 0 spiro atoms. The molecule has 1 rings (SSSR count). The van der Waals surface area contributed by atoms with E-state index in [2.05, 4.69) is 50.4 Å². The molecule has 0 saturated heterocycles. The molecule has 19 heavy (non-hydrogen) atoms. The van der Waals surface area contributed by atoms with Crippen LogP contribution in [0.2, 0.25) is 0 Å². The van der Waals surface area contributed by atoms with Crippen molar-refractivity contribution >= 4 is 0 Å². The summed E-state index contributed by atoms with van der Waals surface area (Å²) in [5.41, 5.74) is 2.98. The van der Waals surface area contributed by atoms with E-state index in [1.807, 2.05) is 0 Å². The van der Waals surface area contributed by atoms with Crippen molar-refractivity contribution in [3.8, 4) is 0 Å². The minimum absolute atomic E-state index is 0.683. The Morgan fingerprint density at radius 2 is 1.74 bits per heavy atom. The van der Waals surface area contributed by atoms with Crippen molar-refractivity contribution in [3.63, 3.8) is 0 Å². The zero-order valence-electron chi connectivity index (χ0n) is 13.0. The Bertz CT molecular complexity index is 332. The summed E-state index contributed by atoms with van der Waals surface area (Å²) in [6.45, 7) is 8.90. The molecule has 1 N–H and O–H groups in total. The zero-order chi connectivity index (χ0) is 13.9. The molecule has 0 aliphatic heterocycles. The van der Waals surface area contributed by atoms with Crippen LogP contribution in [0.5, 0.6) is 0 Å². The van der Waals surface area contributed by atoms with Gasteiger partial charge in [0.05, 0.1) is 0 Å². The second-order valence-electron chi connectivity index (χ2n) is 5.56. The van der Waals surface area contributed by atoms with Gasteiger partial charge in [0.15, 0.2) is 0 Å². The van der Waals surface area contributed by atoms with E-state index in [1.165, 1.54) is 44.1 Å². The Morgan fingerprint density at radius 1 is 1.00 bits per heavy atom. The lowest BCUT2D eigenvalue weighted by Gasteiger charge is -2.20. The standard InChI is InChI=1S/C18H31N/c1-4-6-7-8-9-13-17(15-19-5-2)18-14-11-10-12-16(18)3/h10-12,14,17,19H,4-9,13,15H2,1-3H3. The normalized spacial score (nSPS) is 12.6. The Hall–Kier alpha value is -0.820.